The van der Waals surface area contributed by atoms with Gasteiger partial charge in [-0.15, -0.1) is 24.8 Å². The van der Waals surface area contributed by atoms with Gasteiger partial charge in [-0.3, -0.25) is 0 Å². The maximum absolute atomic E-state index is 2.43. The van der Waals surface area contributed by atoms with Crippen LogP contribution in [0.4, 0.5) is 0 Å². The first kappa shape index (κ1) is 16.4. The molecule has 1 aliphatic rings. The van der Waals surface area contributed by atoms with Crippen molar-refractivity contribution in [3.63, 3.8) is 0 Å². The van der Waals surface area contributed by atoms with Crippen molar-refractivity contribution in [2.45, 2.75) is 29.4 Å². The summed E-state index contributed by atoms with van der Waals surface area (Å²) in [5.41, 5.74) is 3.01. The Balaban J connectivity index is 0.00000112. The van der Waals surface area contributed by atoms with Crippen molar-refractivity contribution >= 4 is 30.9 Å². The fourth-order valence-corrected chi connectivity index (χ4v) is 3.80. The van der Waals surface area contributed by atoms with E-state index in [2.05, 4.69) is 43.3 Å². The molecule has 0 amide bonds. The fraction of sp³-hybridized carbons (Fsp3) is 0.385. The second-order valence-corrected chi connectivity index (χ2v) is 7.20. The number of rotatable bonds is 3. The summed E-state index contributed by atoms with van der Waals surface area (Å²) in [7, 11) is 0. The maximum atomic E-state index is 2.43. The Morgan fingerprint density at radius 1 is 1.19 bits per heavy atom. The van der Waals surface area contributed by atoms with E-state index in [0.717, 1.165) is 0 Å². The molecule has 2 rings (SSSR count). The largest absolute Gasteiger partial charge is 0.147 e. The minimum Gasteiger partial charge on any atom is -0.147 e. The van der Waals surface area contributed by atoms with Gasteiger partial charge >= 0.3 is 101 Å². The van der Waals surface area contributed by atoms with E-state index in [4.69, 9.17) is 0 Å². The molecule has 0 bridgehead atoms. The Kier molecular flexibility index (Phi) is 7.16. The zero-order chi connectivity index (χ0) is 10.0. The molecule has 0 fully saturated rings. The number of benzene rings is 1. The molecule has 1 aromatic rings. The average Bonchev–Trinajstić information content (AvgIpc) is 2.55. The van der Waals surface area contributed by atoms with Crippen molar-refractivity contribution < 1.29 is 24.4 Å². The third-order valence-electron chi connectivity index (χ3n) is 2.91. The SMILES string of the molecule is CCCC[C]1([Hf])C=Cc2ccccc21.Cl.Cl. The zero-order valence-corrected chi connectivity index (χ0v) is 14.6. The molecule has 0 aromatic heterocycles. The Morgan fingerprint density at radius 2 is 1.88 bits per heavy atom. The van der Waals surface area contributed by atoms with Gasteiger partial charge < -0.3 is 0 Å². The summed E-state index contributed by atoms with van der Waals surface area (Å²) in [4.78, 5) is 0. The first-order valence-electron chi connectivity index (χ1n) is 5.30. The van der Waals surface area contributed by atoms with Crippen LogP contribution in [0, 0.1) is 0 Å². The molecule has 0 nitrogen and oxygen atoms in total. The van der Waals surface area contributed by atoms with E-state index < -0.39 is 0 Å². The van der Waals surface area contributed by atoms with Crippen LogP contribution < -0.4 is 0 Å². The second-order valence-electron chi connectivity index (χ2n) is 4.00. The number of hydrogen-bond donors (Lipinski definition) is 0. The van der Waals surface area contributed by atoms with Crippen LogP contribution in [0.15, 0.2) is 30.3 Å². The number of halogens is 2. The van der Waals surface area contributed by atoms with Crippen molar-refractivity contribution in [3.8, 4) is 0 Å². The predicted molar refractivity (Wildman–Crippen MR) is 71.2 cm³/mol. The monoisotopic (exact) mass is 423 g/mol. The molecule has 87 valence electrons. The van der Waals surface area contributed by atoms with Gasteiger partial charge in [-0.1, -0.05) is 0 Å². The second kappa shape index (κ2) is 6.98. The normalized spacial score (nSPS) is 20.8. The van der Waals surface area contributed by atoms with Gasteiger partial charge in [0.15, 0.2) is 0 Å². The molecule has 3 heteroatoms. The molecule has 1 unspecified atom stereocenters. The summed E-state index contributed by atoms with van der Waals surface area (Å²) in [5, 5.41) is 0. The molecule has 16 heavy (non-hydrogen) atoms. The number of unbranched alkanes of at least 4 members (excludes halogenated alkanes) is 1. The molecule has 1 atom stereocenters. The Hall–Kier alpha value is 0.410. The smallest absolute Gasteiger partial charge is 0.147 e. The number of allylic oxidation sites excluding steroid dienone is 1. The Morgan fingerprint density at radius 3 is 2.56 bits per heavy atom. The van der Waals surface area contributed by atoms with Crippen molar-refractivity contribution in [3.05, 3.63) is 41.5 Å². The molecule has 0 spiro atoms. The van der Waals surface area contributed by atoms with Gasteiger partial charge in [0.25, 0.3) is 0 Å². The molecule has 1 aromatic carbocycles. The molecule has 0 heterocycles. The van der Waals surface area contributed by atoms with Gasteiger partial charge in [-0.2, -0.15) is 0 Å². The van der Waals surface area contributed by atoms with E-state index in [1.54, 1.807) is 5.56 Å². The molecule has 1 aliphatic carbocycles. The molecule has 0 N–H and O–H groups in total. The van der Waals surface area contributed by atoms with Crippen LogP contribution in [-0.4, -0.2) is 0 Å². The molecule has 0 aliphatic heterocycles. The summed E-state index contributed by atoms with van der Waals surface area (Å²) in [6.45, 7) is 2.27. The summed E-state index contributed by atoms with van der Waals surface area (Å²) >= 11 is 1.24. The average molecular weight is 423 g/mol. The van der Waals surface area contributed by atoms with Crippen molar-refractivity contribution in [2.75, 3.05) is 0 Å². The van der Waals surface area contributed by atoms with Crippen molar-refractivity contribution in [1.29, 1.82) is 0 Å². The molecule has 0 radical (unpaired) electrons. The van der Waals surface area contributed by atoms with Gasteiger partial charge in [-0.25, -0.2) is 0 Å². The minimum atomic E-state index is 0. The van der Waals surface area contributed by atoms with Gasteiger partial charge in [-0.05, 0) is 0 Å². The summed E-state index contributed by atoms with van der Waals surface area (Å²) in [6, 6.07) is 8.84. The van der Waals surface area contributed by atoms with Gasteiger partial charge in [0, 0.05) is 0 Å². The predicted octanol–water partition coefficient (Wildman–Crippen LogP) is 4.49. The van der Waals surface area contributed by atoms with Crippen LogP contribution in [0.1, 0.15) is 37.3 Å². The first-order valence-corrected chi connectivity index (χ1v) is 7.10. The summed E-state index contributed by atoms with van der Waals surface area (Å²) in [6.07, 6.45) is 8.73. The molecule has 0 saturated heterocycles. The summed E-state index contributed by atoms with van der Waals surface area (Å²) in [5.74, 6) is 0. The maximum Gasteiger partial charge on any atom is -0.147 e. The Bertz CT molecular complexity index is 363. The molecular formula is C13H17Cl2Hf. The van der Waals surface area contributed by atoms with Crippen LogP contribution in [0.2, 0.25) is 0 Å². The standard InChI is InChI=1S/C13H15.2ClH.Hf/c1-2-3-6-11-9-10-12-7-4-5-8-13(11)12;;;/h4-5,7-10H,2-3,6H2,1H3;2*1H;. The van der Waals surface area contributed by atoms with Crippen LogP contribution in [0.5, 0.6) is 0 Å². The van der Waals surface area contributed by atoms with Crippen molar-refractivity contribution in [1.82, 2.24) is 0 Å². The third kappa shape index (κ3) is 3.21. The van der Waals surface area contributed by atoms with Crippen LogP contribution in [-0.2, 0) is 27.5 Å². The summed E-state index contributed by atoms with van der Waals surface area (Å²) < 4.78 is 0.437. The van der Waals surface area contributed by atoms with E-state index in [-0.39, 0.29) is 24.8 Å². The molecule has 0 saturated carbocycles. The van der Waals surface area contributed by atoms with Gasteiger partial charge in [0.05, 0.1) is 0 Å². The number of fused-ring (bicyclic) bond motifs is 1. The Labute approximate surface area is 125 Å². The number of hydrogen-bond acceptors (Lipinski definition) is 0. The first-order chi connectivity index (χ1) is 6.76. The topological polar surface area (TPSA) is 0 Å². The van der Waals surface area contributed by atoms with Crippen LogP contribution in [0.3, 0.4) is 0 Å². The van der Waals surface area contributed by atoms with Crippen molar-refractivity contribution in [2.24, 2.45) is 0 Å². The van der Waals surface area contributed by atoms with E-state index in [9.17, 15) is 0 Å². The minimum absolute atomic E-state index is 0. The van der Waals surface area contributed by atoms with Gasteiger partial charge in [0.1, 0.15) is 0 Å². The zero-order valence-electron chi connectivity index (χ0n) is 9.40. The van der Waals surface area contributed by atoms with Crippen LogP contribution in [0.25, 0.3) is 6.08 Å². The molecular weight excluding hydrogens is 406 g/mol. The fourth-order valence-electron chi connectivity index (χ4n) is 2.04. The van der Waals surface area contributed by atoms with E-state index in [0.29, 0.717) is 3.17 Å². The van der Waals surface area contributed by atoms with E-state index in [1.165, 1.54) is 49.2 Å². The van der Waals surface area contributed by atoms with Gasteiger partial charge in [0.2, 0.25) is 0 Å². The third-order valence-corrected chi connectivity index (χ3v) is 5.38. The van der Waals surface area contributed by atoms with E-state index in [1.807, 2.05) is 0 Å². The van der Waals surface area contributed by atoms with E-state index >= 15 is 0 Å². The quantitative estimate of drug-likeness (QED) is 0.630. The van der Waals surface area contributed by atoms with Crippen LogP contribution >= 0.6 is 24.8 Å².